The SMILES string of the molecule is N#Cc1cccc(-c2ccc3c(c2)CN(C(=O)C(N)Cc2ccc(Cl)cc2Cl)C3)c1. The normalized spacial score (nSPS) is 13.6. The van der Waals surface area contributed by atoms with E-state index in [0.29, 0.717) is 35.1 Å². The Hall–Kier alpha value is -2.84. The maximum Gasteiger partial charge on any atom is 0.240 e. The van der Waals surface area contributed by atoms with Gasteiger partial charge < -0.3 is 10.6 Å². The molecule has 4 nitrogen and oxygen atoms in total. The highest BCUT2D eigenvalue weighted by atomic mass is 35.5. The van der Waals surface area contributed by atoms with Crippen LogP contribution in [0.25, 0.3) is 11.1 Å². The summed E-state index contributed by atoms with van der Waals surface area (Å²) in [5.41, 5.74) is 11.9. The zero-order valence-corrected chi connectivity index (χ0v) is 17.6. The first-order valence-electron chi connectivity index (χ1n) is 9.55. The van der Waals surface area contributed by atoms with Crippen LogP contribution in [0.1, 0.15) is 22.3 Å². The number of amides is 1. The third-order valence-electron chi connectivity index (χ3n) is 5.34. The second kappa shape index (κ2) is 8.49. The number of nitriles is 1. The van der Waals surface area contributed by atoms with Gasteiger partial charge in [0.05, 0.1) is 17.7 Å². The zero-order valence-electron chi connectivity index (χ0n) is 16.1. The Morgan fingerprint density at radius 3 is 2.57 bits per heavy atom. The summed E-state index contributed by atoms with van der Waals surface area (Å²) in [6, 6.07) is 20.3. The summed E-state index contributed by atoms with van der Waals surface area (Å²) in [7, 11) is 0. The predicted octanol–water partition coefficient (Wildman–Crippen LogP) is 4.94. The van der Waals surface area contributed by atoms with Crippen molar-refractivity contribution in [3.05, 3.63) is 93.0 Å². The van der Waals surface area contributed by atoms with Crippen LogP contribution >= 0.6 is 23.2 Å². The van der Waals surface area contributed by atoms with Gasteiger partial charge in [0.2, 0.25) is 5.91 Å². The summed E-state index contributed by atoms with van der Waals surface area (Å²) in [5.74, 6) is -0.106. The average molecular weight is 436 g/mol. The fourth-order valence-corrected chi connectivity index (χ4v) is 4.23. The van der Waals surface area contributed by atoms with Crippen molar-refractivity contribution in [1.82, 2.24) is 4.90 Å². The Morgan fingerprint density at radius 2 is 1.80 bits per heavy atom. The summed E-state index contributed by atoms with van der Waals surface area (Å²) < 4.78 is 0. The molecule has 0 fully saturated rings. The summed E-state index contributed by atoms with van der Waals surface area (Å²) in [5, 5.41) is 10.2. The maximum atomic E-state index is 12.9. The first-order valence-corrected chi connectivity index (χ1v) is 10.3. The smallest absolute Gasteiger partial charge is 0.240 e. The molecule has 0 spiro atoms. The van der Waals surface area contributed by atoms with Crippen molar-refractivity contribution >= 4 is 29.1 Å². The second-order valence-corrected chi connectivity index (χ2v) is 8.26. The standard InChI is InChI=1S/C24H19Cl2N3O/c25-21-7-6-18(22(26)11-21)10-23(28)24(30)29-13-19-5-4-17(9-20(19)14-29)16-3-1-2-15(8-16)12-27/h1-9,11,23H,10,13-14,28H2. The van der Waals surface area contributed by atoms with E-state index in [1.807, 2.05) is 30.3 Å². The molecule has 6 heteroatoms. The highest BCUT2D eigenvalue weighted by Gasteiger charge is 2.28. The average Bonchev–Trinajstić information content (AvgIpc) is 3.18. The summed E-state index contributed by atoms with van der Waals surface area (Å²) >= 11 is 12.2. The number of halogens is 2. The molecule has 1 amide bonds. The number of benzene rings is 3. The lowest BCUT2D eigenvalue weighted by Crippen LogP contribution is -2.42. The van der Waals surface area contributed by atoms with E-state index in [1.165, 1.54) is 0 Å². The van der Waals surface area contributed by atoms with E-state index in [0.717, 1.165) is 27.8 Å². The number of fused-ring (bicyclic) bond motifs is 1. The first kappa shape index (κ1) is 20.4. The largest absolute Gasteiger partial charge is 0.333 e. The Kier molecular flexibility index (Phi) is 5.78. The fourth-order valence-electron chi connectivity index (χ4n) is 3.74. The lowest BCUT2D eigenvalue weighted by Gasteiger charge is -2.20. The van der Waals surface area contributed by atoms with E-state index < -0.39 is 6.04 Å². The maximum absolute atomic E-state index is 12.9. The summed E-state index contributed by atoms with van der Waals surface area (Å²) in [6.07, 6.45) is 0.355. The van der Waals surface area contributed by atoms with Crippen molar-refractivity contribution in [2.45, 2.75) is 25.6 Å². The molecule has 1 heterocycles. The fraction of sp³-hybridized carbons (Fsp3) is 0.167. The van der Waals surface area contributed by atoms with E-state index in [1.54, 1.807) is 29.2 Å². The Bertz CT molecular complexity index is 1170. The highest BCUT2D eigenvalue weighted by molar-refractivity contribution is 6.35. The summed E-state index contributed by atoms with van der Waals surface area (Å²) in [6.45, 7) is 1.05. The van der Waals surface area contributed by atoms with Crippen LogP contribution in [0.5, 0.6) is 0 Å². The van der Waals surface area contributed by atoms with E-state index >= 15 is 0 Å². The minimum absolute atomic E-state index is 0.106. The molecular formula is C24H19Cl2N3O. The van der Waals surface area contributed by atoms with Crippen LogP contribution < -0.4 is 5.73 Å². The van der Waals surface area contributed by atoms with Gasteiger partial charge in [-0.15, -0.1) is 0 Å². The zero-order chi connectivity index (χ0) is 21.3. The molecule has 0 bridgehead atoms. The van der Waals surface area contributed by atoms with Crippen LogP contribution in [0.3, 0.4) is 0 Å². The third-order valence-corrected chi connectivity index (χ3v) is 5.92. The highest BCUT2D eigenvalue weighted by Crippen LogP contribution is 2.30. The second-order valence-electron chi connectivity index (χ2n) is 7.42. The number of nitrogens with zero attached hydrogens (tertiary/aromatic N) is 2. The van der Waals surface area contributed by atoms with Crippen LogP contribution in [-0.4, -0.2) is 16.8 Å². The van der Waals surface area contributed by atoms with Crippen LogP contribution in [0.15, 0.2) is 60.7 Å². The van der Waals surface area contributed by atoms with Crippen LogP contribution in [0.2, 0.25) is 10.0 Å². The summed E-state index contributed by atoms with van der Waals surface area (Å²) in [4.78, 5) is 14.7. The van der Waals surface area contributed by atoms with Gasteiger partial charge in [0.25, 0.3) is 0 Å². The number of hydrogen-bond donors (Lipinski definition) is 1. The number of hydrogen-bond acceptors (Lipinski definition) is 3. The van der Waals surface area contributed by atoms with Crippen molar-refractivity contribution in [2.75, 3.05) is 0 Å². The lowest BCUT2D eigenvalue weighted by atomic mass is 9.99. The molecule has 3 aromatic rings. The van der Waals surface area contributed by atoms with Gasteiger partial charge in [-0.1, -0.05) is 53.5 Å². The van der Waals surface area contributed by atoms with Crippen molar-refractivity contribution in [3.63, 3.8) is 0 Å². The molecule has 0 aromatic heterocycles. The Morgan fingerprint density at radius 1 is 1.03 bits per heavy atom. The molecule has 0 saturated carbocycles. The molecule has 1 unspecified atom stereocenters. The van der Waals surface area contributed by atoms with Gasteiger partial charge in [0.1, 0.15) is 0 Å². The number of carbonyl (C=O) groups excluding carboxylic acids is 1. The molecule has 4 rings (SSSR count). The molecule has 150 valence electrons. The van der Waals surface area contributed by atoms with Crippen molar-refractivity contribution in [2.24, 2.45) is 5.73 Å². The molecule has 3 aromatic carbocycles. The van der Waals surface area contributed by atoms with Crippen molar-refractivity contribution in [1.29, 1.82) is 5.26 Å². The molecule has 30 heavy (non-hydrogen) atoms. The van der Waals surface area contributed by atoms with Gasteiger partial charge in [-0.3, -0.25) is 4.79 Å². The van der Waals surface area contributed by atoms with Crippen molar-refractivity contribution < 1.29 is 4.79 Å². The van der Waals surface area contributed by atoms with E-state index in [-0.39, 0.29) is 5.91 Å². The van der Waals surface area contributed by atoms with Gasteiger partial charge >= 0.3 is 0 Å². The minimum Gasteiger partial charge on any atom is -0.333 e. The molecular weight excluding hydrogens is 417 g/mol. The van der Waals surface area contributed by atoms with Gasteiger partial charge in [0.15, 0.2) is 0 Å². The number of carbonyl (C=O) groups is 1. The molecule has 0 saturated heterocycles. The van der Waals surface area contributed by atoms with Gasteiger partial charge in [-0.2, -0.15) is 5.26 Å². The van der Waals surface area contributed by atoms with E-state index in [2.05, 4.69) is 12.1 Å². The van der Waals surface area contributed by atoms with Crippen molar-refractivity contribution in [3.8, 4) is 17.2 Å². The van der Waals surface area contributed by atoms with Gasteiger partial charge in [-0.05, 0) is 64.6 Å². The lowest BCUT2D eigenvalue weighted by molar-refractivity contribution is -0.133. The molecule has 0 radical (unpaired) electrons. The quantitative estimate of drug-likeness (QED) is 0.630. The Labute approximate surface area is 185 Å². The van der Waals surface area contributed by atoms with E-state index in [4.69, 9.17) is 34.2 Å². The van der Waals surface area contributed by atoms with Gasteiger partial charge in [-0.25, -0.2) is 0 Å². The molecule has 0 aliphatic carbocycles. The Balaban J connectivity index is 1.48. The number of nitrogens with two attached hydrogens (primary N) is 1. The molecule has 1 aliphatic heterocycles. The number of rotatable bonds is 4. The monoisotopic (exact) mass is 435 g/mol. The topological polar surface area (TPSA) is 70.1 Å². The first-order chi connectivity index (χ1) is 14.4. The molecule has 1 atom stereocenters. The van der Waals surface area contributed by atoms with E-state index in [9.17, 15) is 4.79 Å². The minimum atomic E-state index is -0.676. The van der Waals surface area contributed by atoms with Crippen LogP contribution in [0, 0.1) is 11.3 Å². The molecule has 2 N–H and O–H groups in total. The van der Waals surface area contributed by atoms with Crippen LogP contribution in [-0.2, 0) is 24.3 Å². The predicted molar refractivity (Wildman–Crippen MR) is 119 cm³/mol. The van der Waals surface area contributed by atoms with Crippen LogP contribution in [0.4, 0.5) is 0 Å². The molecule has 1 aliphatic rings. The third kappa shape index (κ3) is 4.20. The van der Waals surface area contributed by atoms with Gasteiger partial charge in [0, 0.05) is 23.1 Å².